The topological polar surface area (TPSA) is 0 Å². The smallest absolute Gasteiger partial charge is 0 e. The van der Waals surface area contributed by atoms with Gasteiger partial charge in [-0.2, -0.15) is 0 Å². The Morgan fingerprint density at radius 1 is 0.429 bits per heavy atom. The zero-order chi connectivity index (χ0) is 4.24. The molecule has 0 N–H and O–H groups in total. The van der Waals surface area contributed by atoms with Gasteiger partial charge in [0.1, 0.15) is 0 Å². The van der Waals surface area contributed by atoms with Crippen molar-refractivity contribution in [1.29, 1.82) is 0 Å². The molecule has 0 aromatic heterocycles. The van der Waals surface area contributed by atoms with Gasteiger partial charge in [-0.25, -0.2) is 0 Å². The molecule has 0 aliphatic rings. The third-order valence-electron chi connectivity index (χ3n) is 0.667. The van der Waals surface area contributed by atoms with Gasteiger partial charge in [0.05, 0.1) is 0 Å². The summed E-state index contributed by atoms with van der Waals surface area (Å²) >= 11 is 0. The van der Waals surface area contributed by atoms with Crippen LogP contribution in [0.15, 0.2) is 36.4 Å². The van der Waals surface area contributed by atoms with Crippen molar-refractivity contribution in [2.45, 2.75) is 0 Å². The first-order chi connectivity index (χ1) is 3.00. The van der Waals surface area contributed by atoms with Crippen LogP contribution in [-0.2, 0) is 18.6 Å². The van der Waals surface area contributed by atoms with Crippen molar-refractivity contribution in [3.8, 4) is 0 Å². The Bertz CT molecular complexity index is 76.1. The predicted molar refractivity (Wildman–Crippen MR) is 26.4 cm³/mol. The van der Waals surface area contributed by atoms with Crippen molar-refractivity contribution in [2.24, 2.45) is 0 Å². The largest absolute Gasteiger partial charge is 0.0623 e. The van der Waals surface area contributed by atoms with E-state index in [2.05, 4.69) is 0 Å². The van der Waals surface area contributed by atoms with Crippen LogP contribution in [0.1, 0.15) is 0 Å². The second kappa shape index (κ2) is 3.98. The van der Waals surface area contributed by atoms with E-state index in [1.54, 1.807) is 0 Å². The Labute approximate surface area is 55.4 Å². The fraction of sp³-hybridized carbons (Fsp3) is 0. The van der Waals surface area contributed by atoms with Crippen LogP contribution in [0.5, 0.6) is 0 Å². The minimum absolute atomic E-state index is 0. The van der Waals surface area contributed by atoms with E-state index in [0.717, 1.165) is 0 Å². The molecule has 35 valence electrons. The maximum absolute atomic E-state index is 2.00. The van der Waals surface area contributed by atoms with E-state index in [-0.39, 0.29) is 18.6 Å². The second-order valence-corrected chi connectivity index (χ2v) is 1.15. The van der Waals surface area contributed by atoms with Gasteiger partial charge in [-0.05, 0) is 0 Å². The first kappa shape index (κ1) is 6.80. The van der Waals surface area contributed by atoms with E-state index < -0.39 is 0 Å². The zero-order valence-corrected chi connectivity index (χ0v) is 5.31. The van der Waals surface area contributed by atoms with Crippen LogP contribution in [0.25, 0.3) is 0 Å². The van der Waals surface area contributed by atoms with Gasteiger partial charge in [0, 0.05) is 18.6 Å². The van der Waals surface area contributed by atoms with E-state index in [0.29, 0.717) is 0 Å². The molecule has 0 bridgehead atoms. The first-order valence-corrected chi connectivity index (χ1v) is 2.00. The van der Waals surface area contributed by atoms with Crippen LogP contribution in [0.3, 0.4) is 0 Å². The van der Waals surface area contributed by atoms with Gasteiger partial charge < -0.3 is 0 Å². The number of hydrogen-bond acceptors (Lipinski definition) is 0. The zero-order valence-electron chi connectivity index (χ0n) is 3.91. The molecule has 1 rings (SSSR count). The van der Waals surface area contributed by atoms with Crippen molar-refractivity contribution in [1.82, 2.24) is 0 Å². The molecule has 0 nitrogen and oxygen atoms in total. The van der Waals surface area contributed by atoms with Crippen molar-refractivity contribution in [3.05, 3.63) is 36.4 Å². The van der Waals surface area contributed by atoms with Crippen LogP contribution in [0, 0.1) is 0 Å². The van der Waals surface area contributed by atoms with E-state index in [4.69, 9.17) is 0 Å². The molecule has 1 aromatic carbocycles. The molecule has 0 saturated heterocycles. The van der Waals surface area contributed by atoms with Gasteiger partial charge in [0.2, 0.25) is 0 Å². The van der Waals surface area contributed by atoms with E-state index in [1.165, 1.54) is 0 Å². The summed E-state index contributed by atoms with van der Waals surface area (Å²) in [5.74, 6) is 0. The van der Waals surface area contributed by atoms with Gasteiger partial charge in [0.25, 0.3) is 0 Å². The van der Waals surface area contributed by atoms with E-state index in [1.807, 2.05) is 36.4 Å². The van der Waals surface area contributed by atoms with Crippen LogP contribution in [-0.4, -0.2) is 0 Å². The summed E-state index contributed by atoms with van der Waals surface area (Å²) in [5.41, 5.74) is 0. The molecule has 0 unspecified atom stereocenters. The minimum Gasteiger partial charge on any atom is -0.0623 e. The minimum atomic E-state index is 0. The fourth-order valence-corrected chi connectivity index (χ4v) is 0.385. The fourth-order valence-electron chi connectivity index (χ4n) is 0.385. The summed E-state index contributed by atoms with van der Waals surface area (Å²) in [6, 6.07) is 12.0. The Morgan fingerprint density at radius 2 is 0.571 bits per heavy atom. The summed E-state index contributed by atoms with van der Waals surface area (Å²) in [6.45, 7) is 0. The molecule has 0 aliphatic heterocycles. The van der Waals surface area contributed by atoms with Crippen LogP contribution < -0.4 is 0 Å². The average molecular weight is 129 g/mol. The summed E-state index contributed by atoms with van der Waals surface area (Å²) in [5, 5.41) is 0. The van der Waals surface area contributed by atoms with Crippen molar-refractivity contribution >= 4 is 0 Å². The SMILES string of the molecule is [V].c1ccccc1. The molecule has 0 amide bonds. The Hall–Kier alpha value is -0.196. The summed E-state index contributed by atoms with van der Waals surface area (Å²) < 4.78 is 0. The number of benzene rings is 1. The summed E-state index contributed by atoms with van der Waals surface area (Å²) in [7, 11) is 0. The molecule has 0 atom stereocenters. The van der Waals surface area contributed by atoms with Crippen LogP contribution >= 0.6 is 0 Å². The Morgan fingerprint density at radius 3 is 0.714 bits per heavy atom. The van der Waals surface area contributed by atoms with Crippen molar-refractivity contribution in [3.63, 3.8) is 0 Å². The molecule has 1 heteroatoms. The van der Waals surface area contributed by atoms with Crippen LogP contribution in [0.4, 0.5) is 0 Å². The predicted octanol–water partition coefficient (Wildman–Crippen LogP) is 1.68. The molecular weight excluding hydrogens is 123 g/mol. The van der Waals surface area contributed by atoms with Gasteiger partial charge in [-0.15, -0.1) is 0 Å². The Kier molecular flexibility index (Phi) is 3.87. The van der Waals surface area contributed by atoms with Gasteiger partial charge in [-0.3, -0.25) is 0 Å². The average Bonchev–Trinajstić information content (AvgIpc) is 1.72. The Balaban J connectivity index is 0.000000360. The standard InChI is InChI=1S/C6H6.V/c1-2-4-6-5-3-1;/h1-6H;. The molecule has 0 spiro atoms. The third kappa shape index (κ3) is 2.49. The first-order valence-electron chi connectivity index (χ1n) is 2.00. The van der Waals surface area contributed by atoms with Gasteiger partial charge in [-0.1, -0.05) is 36.4 Å². The molecule has 0 fully saturated rings. The third-order valence-corrected chi connectivity index (χ3v) is 0.667. The number of rotatable bonds is 0. The molecule has 1 radical (unpaired) electrons. The van der Waals surface area contributed by atoms with Crippen LogP contribution in [0.2, 0.25) is 0 Å². The number of hydrogen-bond donors (Lipinski definition) is 0. The van der Waals surface area contributed by atoms with Crippen molar-refractivity contribution in [2.75, 3.05) is 0 Å². The maximum Gasteiger partial charge on any atom is 0 e. The molecular formula is C6H6V. The molecule has 7 heavy (non-hydrogen) atoms. The van der Waals surface area contributed by atoms with Gasteiger partial charge >= 0.3 is 0 Å². The summed E-state index contributed by atoms with van der Waals surface area (Å²) in [4.78, 5) is 0. The molecule has 0 heterocycles. The van der Waals surface area contributed by atoms with Gasteiger partial charge in [0.15, 0.2) is 0 Å². The monoisotopic (exact) mass is 129 g/mol. The normalized spacial score (nSPS) is 6.86. The van der Waals surface area contributed by atoms with Crippen molar-refractivity contribution < 1.29 is 18.6 Å². The molecule has 1 aromatic rings. The van der Waals surface area contributed by atoms with E-state index in [9.17, 15) is 0 Å². The second-order valence-electron chi connectivity index (χ2n) is 1.15. The summed E-state index contributed by atoms with van der Waals surface area (Å²) in [6.07, 6.45) is 0. The molecule has 0 saturated carbocycles. The quantitative estimate of drug-likeness (QED) is 0.500. The maximum atomic E-state index is 2.00. The van der Waals surface area contributed by atoms with E-state index >= 15 is 0 Å². The molecule has 0 aliphatic carbocycles.